The van der Waals surface area contributed by atoms with Crippen molar-refractivity contribution < 1.29 is 4.79 Å². The Morgan fingerprint density at radius 2 is 1.07 bits per heavy atom. The molecule has 27 heavy (non-hydrogen) atoms. The number of carbonyl (C=O) groups excluding carboxylic acids is 1. The van der Waals surface area contributed by atoms with Gasteiger partial charge in [-0.05, 0) is 0 Å². The van der Waals surface area contributed by atoms with Gasteiger partial charge in [0.15, 0.2) is 0 Å². The van der Waals surface area contributed by atoms with Gasteiger partial charge in [-0.1, -0.05) is 0 Å². The summed E-state index contributed by atoms with van der Waals surface area (Å²) >= 11 is 0. The Kier molecular flexibility index (Phi) is 6.58. The Balaban J connectivity index is 2.15. The van der Waals surface area contributed by atoms with Crippen LogP contribution in [0.2, 0.25) is 0 Å². The van der Waals surface area contributed by atoms with Crippen LogP contribution in [0, 0.1) is 5.92 Å². The summed E-state index contributed by atoms with van der Waals surface area (Å²) in [6.45, 7) is 4.37. The van der Waals surface area contributed by atoms with E-state index in [1.54, 1.807) is 0 Å². The zero-order valence-corrected chi connectivity index (χ0v) is 17.3. The molecular formula is C25H29OP. The van der Waals surface area contributed by atoms with Gasteiger partial charge in [0.25, 0.3) is 0 Å². The average Bonchev–Trinajstić information content (AvgIpc) is 2.72. The van der Waals surface area contributed by atoms with E-state index >= 15 is 0 Å². The molecule has 140 valence electrons. The van der Waals surface area contributed by atoms with Crippen molar-refractivity contribution in [3.05, 3.63) is 91.0 Å². The Bertz CT molecular complexity index is 745. The fraction of sp³-hybridized carbons (Fsp3) is 0.240. The number of hydrogen-bond donors (Lipinski definition) is 0. The molecule has 0 aliphatic heterocycles. The predicted octanol–water partition coefficient (Wildman–Crippen LogP) is 4.72. The van der Waals surface area contributed by atoms with Gasteiger partial charge in [0.2, 0.25) is 0 Å². The van der Waals surface area contributed by atoms with Crippen LogP contribution in [-0.4, -0.2) is 11.9 Å². The van der Waals surface area contributed by atoms with E-state index in [1.807, 2.05) is 0 Å². The van der Waals surface area contributed by atoms with Crippen molar-refractivity contribution in [2.45, 2.75) is 26.7 Å². The topological polar surface area (TPSA) is 17.1 Å². The summed E-state index contributed by atoms with van der Waals surface area (Å²) in [7, 11) is -2.41. The standard InChI is InChI=1S/C25H29OP/c1-21(2)18-19-22(26)20-27(23-12-6-3-7-13-23,24-14-8-4-9-15-24)25-16-10-5-11-17-25/h3-17,21,27H,18-20H2,1-2H3. The molecule has 0 aliphatic rings. The molecule has 3 aromatic carbocycles. The first-order chi connectivity index (χ1) is 13.1. The fourth-order valence-corrected chi connectivity index (χ4v) is 8.47. The van der Waals surface area contributed by atoms with E-state index in [0.29, 0.717) is 24.3 Å². The molecule has 0 aliphatic carbocycles. The monoisotopic (exact) mass is 376 g/mol. The molecule has 3 aromatic rings. The van der Waals surface area contributed by atoms with E-state index in [2.05, 4.69) is 105 Å². The Morgan fingerprint density at radius 1 is 0.704 bits per heavy atom. The second-order valence-corrected chi connectivity index (χ2v) is 11.5. The molecule has 0 atom stereocenters. The average molecular weight is 376 g/mol. The van der Waals surface area contributed by atoms with E-state index < -0.39 is 7.26 Å². The summed E-state index contributed by atoms with van der Waals surface area (Å²) in [6.07, 6.45) is 2.25. The molecule has 0 amide bonds. The third kappa shape index (κ3) is 4.54. The van der Waals surface area contributed by atoms with E-state index in [0.717, 1.165) is 6.42 Å². The van der Waals surface area contributed by atoms with Crippen molar-refractivity contribution in [2.75, 3.05) is 6.16 Å². The summed E-state index contributed by atoms with van der Waals surface area (Å²) in [5, 5.41) is 3.92. The molecule has 0 aromatic heterocycles. The van der Waals surface area contributed by atoms with Crippen LogP contribution in [0.25, 0.3) is 0 Å². The maximum absolute atomic E-state index is 13.1. The van der Waals surface area contributed by atoms with Crippen LogP contribution >= 0.6 is 7.26 Å². The summed E-state index contributed by atoms with van der Waals surface area (Å²) in [6, 6.07) is 32.0. The molecule has 0 spiro atoms. The molecule has 0 heterocycles. The first-order valence-corrected chi connectivity index (χ1v) is 12.0. The van der Waals surface area contributed by atoms with Crippen LogP contribution in [0.4, 0.5) is 0 Å². The third-order valence-electron chi connectivity index (χ3n) is 5.26. The molecule has 0 bridgehead atoms. The maximum atomic E-state index is 13.1. The van der Waals surface area contributed by atoms with Crippen LogP contribution in [0.5, 0.6) is 0 Å². The van der Waals surface area contributed by atoms with E-state index in [4.69, 9.17) is 0 Å². The van der Waals surface area contributed by atoms with E-state index in [-0.39, 0.29) is 0 Å². The number of carbonyl (C=O) groups is 1. The van der Waals surface area contributed by atoms with Crippen LogP contribution in [0.3, 0.4) is 0 Å². The zero-order chi connectivity index (χ0) is 19.1. The summed E-state index contributed by atoms with van der Waals surface area (Å²) in [5.41, 5.74) is 0. The van der Waals surface area contributed by atoms with Crippen LogP contribution in [0.1, 0.15) is 26.7 Å². The minimum absolute atomic E-state index is 0.381. The van der Waals surface area contributed by atoms with Gasteiger partial charge in [0, 0.05) is 0 Å². The van der Waals surface area contributed by atoms with Crippen LogP contribution in [-0.2, 0) is 4.79 Å². The van der Waals surface area contributed by atoms with Crippen molar-refractivity contribution >= 4 is 29.0 Å². The van der Waals surface area contributed by atoms with Gasteiger partial charge >= 0.3 is 164 Å². The van der Waals surface area contributed by atoms with Crippen molar-refractivity contribution in [3.8, 4) is 0 Å². The van der Waals surface area contributed by atoms with Gasteiger partial charge in [-0.2, -0.15) is 0 Å². The first-order valence-electron chi connectivity index (χ1n) is 9.81. The number of hydrogen-bond acceptors (Lipinski definition) is 1. The SMILES string of the molecule is CC(C)CCC(=O)C[PH](c1ccccc1)(c1ccccc1)c1ccccc1. The van der Waals surface area contributed by atoms with E-state index in [1.165, 1.54) is 15.9 Å². The second-order valence-electron chi connectivity index (χ2n) is 7.65. The van der Waals surface area contributed by atoms with Crippen molar-refractivity contribution in [3.63, 3.8) is 0 Å². The molecule has 0 radical (unpaired) electrons. The number of ketones is 1. The normalized spacial score (nSPS) is 12.1. The zero-order valence-electron chi connectivity index (χ0n) is 16.3. The Hall–Kier alpha value is -2.24. The molecular weight excluding hydrogens is 347 g/mol. The number of benzene rings is 3. The Labute approximate surface area is 163 Å². The van der Waals surface area contributed by atoms with Crippen LogP contribution < -0.4 is 15.9 Å². The fourth-order valence-electron chi connectivity index (χ4n) is 3.81. The number of rotatable bonds is 8. The molecule has 0 unspecified atom stereocenters. The second kappa shape index (κ2) is 9.11. The molecule has 0 saturated carbocycles. The predicted molar refractivity (Wildman–Crippen MR) is 120 cm³/mol. The van der Waals surface area contributed by atoms with Crippen molar-refractivity contribution in [1.82, 2.24) is 0 Å². The quantitative estimate of drug-likeness (QED) is 0.520. The van der Waals surface area contributed by atoms with Gasteiger partial charge < -0.3 is 0 Å². The molecule has 1 nitrogen and oxygen atoms in total. The van der Waals surface area contributed by atoms with Crippen molar-refractivity contribution in [1.29, 1.82) is 0 Å². The van der Waals surface area contributed by atoms with Gasteiger partial charge in [-0.25, -0.2) is 0 Å². The minimum atomic E-state index is -2.41. The first kappa shape index (κ1) is 19.5. The van der Waals surface area contributed by atoms with Gasteiger partial charge in [-0.3, -0.25) is 0 Å². The van der Waals surface area contributed by atoms with Gasteiger partial charge in [0.1, 0.15) is 0 Å². The molecule has 0 saturated heterocycles. The molecule has 0 N–H and O–H groups in total. The molecule has 2 heteroatoms. The van der Waals surface area contributed by atoms with Gasteiger partial charge in [-0.15, -0.1) is 0 Å². The molecule has 3 rings (SSSR count). The van der Waals surface area contributed by atoms with Crippen LogP contribution in [0.15, 0.2) is 91.0 Å². The van der Waals surface area contributed by atoms with Crippen molar-refractivity contribution in [2.24, 2.45) is 5.92 Å². The van der Waals surface area contributed by atoms with Gasteiger partial charge in [0.05, 0.1) is 0 Å². The third-order valence-corrected chi connectivity index (χ3v) is 10.1. The summed E-state index contributed by atoms with van der Waals surface area (Å²) in [4.78, 5) is 13.1. The van der Waals surface area contributed by atoms with E-state index in [9.17, 15) is 4.79 Å². The summed E-state index contributed by atoms with van der Waals surface area (Å²) < 4.78 is 0. The Morgan fingerprint density at radius 3 is 1.41 bits per heavy atom. The summed E-state index contributed by atoms with van der Waals surface area (Å²) in [5.74, 6) is 0.933. The molecule has 0 fully saturated rings. The number of Topliss-reactive ketones (excluding diaryl/α,β-unsaturated/α-hetero) is 1.